The normalized spacial score (nSPS) is 10.9. The van der Waals surface area contributed by atoms with Gasteiger partial charge in [-0.2, -0.15) is 5.10 Å². The molecule has 6 nitrogen and oxygen atoms in total. The van der Waals surface area contributed by atoms with E-state index in [1.54, 1.807) is 47.3 Å². The third kappa shape index (κ3) is 3.51. The lowest BCUT2D eigenvalue weighted by atomic mass is 10.1. The standard InChI is InChI=1S/C19H16ClN5OS/c1-21-19(26)13-6-4-12(5-7-13)16-11-23-18-15(9-17(20)24-25(16)18)22-10-14-3-2-8-27-14/h2-9,11,22H,10H2,1H3,(H,21,26). The highest BCUT2D eigenvalue weighted by atomic mass is 35.5. The molecule has 136 valence electrons. The zero-order chi connectivity index (χ0) is 18.8. The lowest BCUT2D eigenvalue weighted by Gasteiger charge is -2.08. The maximum absolute atomic E-state index is 11.7. The van der Waals surface area contributed by atoms with E-state index < -0.39 is 0 Å². The number of nitrogens with zero attached hydrogens (tertiary/aromatic N) is 3. The molecule has 0 aliphatic rings. The molecule has 0 unspecified atom stereocenters. The maximum atomic E-state index is 11.7. The van der Waals surface area contributed by atoms with Gasteiger partial charge in [-0.3, -0.25) is 4.79 Å². The monoisotopic (exact) mass is 397 g/mol. The maximum Gasteiger partial charge on any atom is 0.251 e. The molecular weight excluding hydrogens is 382 g/mol. The van der Waals surface area contributed by atoms with Gasteiger partial charge in [-0.15, -0.1) is 11.3 Å². The number of rotatable bonds is 5. The molecule has 0 aliphatic carbocycles. The minimum atomic E-state index is -0.124. The Morgan fingerprint density at radius 2 is 2.07 bits per heavy atom. The van der Waals surface area contributed by atoms with E-state index >= 15 is 0 Å². The van der Waals surface area contributed by atoms with Crippen molar-refractivity contribution in [3.05, 3.63) is 69.6 Å². The van der Waals surface area contributed by atoms with Crippen molar-refractivity contribution in [2.75, 3.05) is 12.4 Å². The summed E-state index contributed by atoms with van der Waals surface area (Å²) in [5.74, 6) is -0.124. The molecule has 0 radical (unpaired) electrons. The van der Waals surface area contributed by atoms with Crippen LogP contribution in [-0.4, -0.2) is 27.6 Å². The molecule has 1 amide bonds. The van der Waals surface area contributed by atoms with Crippen LogP contribution in [0.3, 0.4) is 0 Å². The number of carbonyl (C=O) groups excluding carboxylic acids is 1. The van der Waals surface area contributed by atoms with Gasteiger partial charge in [-0.25, -0.2) is 9.50 Å². The number of thiophene rings is 1. The van der Waals surface area contributed by atoms with E-state index in [9.17, 15) is 4.79 Å². The number of benzene rings is 1. The third-order valence-electron chi connectivity index (χ3n) is 4.14. The van der Waals surface area contributed by atoms with Gasteiger partial charge in [0.25, 0.3) is 5.91 Å². The average molecular weight is 398 g/mol. The SMILES string of the molecule is CNC(=O)c1ccc(-c2cnc3c(NCc4cccs4)cc(Cl)nn23)cc1. The molecule has 0 spiro atoms. The number of amides is 1. The fraction of sp³-hybridized carbons (Fsp3) is 0.105. The highest BCUT2D eigenvalue weighted by Crippen LogP contribution is 2.26. The molecule has 3 heterocycles. The lowest BCUT2D eigenvalue weighted by molar-refractivity contribution is 0.0963. The van der Waals surface area contributed by atoms with Crippen molar-refractivity contribution in [2.45, 2.75) is 6.54 Å². The number of fused-ring (bicyclic) bond motifs is 1. The third-order valence-corrected chi connectivity index (χ3v) is 5.20. The molecular formula is C19H16ClN5OS. The Bertz CT molecular complexity index is 1090. The van der Waals surface area contributed by atoms with E-state index in [4.69, 9.17) is 11.6 Å². The summed E-state index contributed by atoms with van der Waals surface area (Å²) in [6, 6.07) is 13.2. The van der Waals surface area contributed by atoms with Crippen LogP contribution in [0.2, 0.25) is 5.15 Å². The molecule has 0 fully saturated rings. The van der Waals surface area contributed by atoms with Crippen LogP contribution in [0, 0.1) is 0 Å². The highest BCUT2D eigenvalue weighted by Gasteiger charge is 2.13. The molecule has 8 heteroatoms. The van der Waals surface area contributed by atoms with Crippen molar-refractivity contribution in [1.82, 2.24) is 19.9 Å². The minimum Gasteiger partial charge on any atom is -0.377 e. The molecule has 0 aliphatic heterocycles. The Kier molecular flexibility index (Phi) is 4.79. The second-order valence-corrected chi connectivity index (χ2v) is 7.27. The number of nitrogens with one attached hydrogen (secondary N) is 2. The topological polar surface area (TPSA) is 71.3 Å². The van der Waals surface area contributed by atoms with E-state index in [-0.39, 0.29) is 5.91 Å². The van der Waals surface area contributed by atoms with Gasteiger partial charge in [-0.1, -0.05) is 29.8 Å². The Labute approximate surface area is 164 Å². The molecule has 1 aromatic carbocycles. The van der Waals surface area contributed by atoms with Gasteiger partial charge in [0.2, 0.25) is 0 Å². The van der Waals surface area contributed by atoms with E-state index in [1.165, 1.54) is 4.88 Å². The number of anilines is 1. The first-order chi connectivity index (χ1) is 13.2. The van der Waals surface area contributed by atoms with Gasteiger partial charge in [0.1, 0.15) is 0 Å². The lowest BCUT2D eigenvalue weighted by Crippen LogP contribution is -2.17. The first-order valence-electron chi connectivity index (χ1n) is 8.29. The van der Waals surface area contributed by atoms with Gasteiger partial charge in [0, 0.05) is 35.7 Å². The number of halogens is 1. The smallest absolute Gasteiger partial charge is 0.251 e. The first-order valence-corrected chi connectivity index (χ1v) is 9.54. The van der Waals surface area contributed by atoms with E-state index in [0.29, 0.717) is 22.9 Å². The van der Waals surface area contributed by atoms with E-state index in [2.05, 4.69) is 26.8 Å². The summed E-state index contributed by atoms with van der Waals surface area (Å²) in [6.07, 6.45) is 1.75. The van der Waals surface area contributed by atoms with Gasteiger partial charge in [0.05, 0.1) is 17.6 Å². The van der Waals surface area contributed by atoms with Crippen LogP contribution >= 0.6 is 22.9 Å². The van der Waals surface area contributed by atoms with Crippen LogP contribution in [0.15, 0.2) is 54.0 Å². The molecule has 3 aromatic heterocycles. The fourth-order valence-electron chi connectivity index (χ4n) is 2.80. The van der Waals surface area contributed by atoms with Crippen LogP contribution in [-0.2, 0) is 6.54 Å². The van der Waals surface area contributed by atoms with Crippen molar-refractivity contribution in [2.24, 2.45) is 0 Å². The summed E-state index contributed by atoms with van der Waals surface area (Å²) >= 11 is 7.92. The van der Waals surface area contributed by atoms with Crippen LogP contribution in [0.25, 0.3) is 16.9 Å². The summed E-state index contributed by atoms with van der Waals surface area (Å²) in [5, 5.41) is 12.8. The van der Waals surface area contributed by atoms with Gasteiger partial charge >= 0.3 is 0 Å². The quantitative estimate of drug-likeness (QED) is 0.532. The molecule has 4 rings (SSSR count). The molecule has 0 atom stereocenters. The van der Waals surface area contributed by atoms with Crippen molar-refractivity contribution < 1.29 is 4.79 Å². The summed E-state index contributed by atoms with van der Waals surface area (Å²) in [7, 11) is 1.61. The van der Waals surface area contributed by atoms with Crippen molar-refractivity contribution in [1.29, 1.82) is 0 Å². The van der Waals surface area contributed by atoms with Crippen molar-refractivity contribution >= 4 is 40.2 Å². The van der Waals surface area contributed by atoms with Gasteiger partial charge in [0.15, 0.2) is 10.8 Å². The Morgan fingerprint density at radius 1 is 1.26 bits per heavy atom. The number of imidazole rings is 1. The number of hydrogen-bond acceptors (Lipinski definition) is 5. The van der Waals surface area contributed by atoms with E-state index in [0.717, 1.165) is 16.9 Å². The van der Waals surface area contributed by atoms with Crippen LogP contribution < -0.4 is 10.6 Å². The van der Waals surface area contributed by atoms with E-state index in [1.807, 2.05) is 23.6 Å². The average Bonchev–Trinajstić information content (AvgIpc) is 3.35. The molecule has 4 aromatic rings. The summed E-state index contributed by atoms with van der Waals surface area (Å²) in [4.78, 5) is 17.4. The van der Waals surface area contributed by atoms with Crippen molar-refractivity contribution in [3.8, 4) is 11.3 Å². The van der Waals surface area contributed by atoms with Gasteiger partial charge < -0.3 is 10.6 Å². The van der Waals surface area contributed by atoms with Crippen LogP contribution in [0.4, 0.5) is 5.69 Å². The molecule has 0 saturated carbocycles. The minimum absolute atomic E-state index is 0.124. The first kappa shape index (κ1) is 17.5. The Hall–Kier alpha value is -2.90. The zero-order valence-corrected chi connectivity index (χ0v) is 16.0. The van der Waals surface area contributed by atoms with Crippen LogP contribution in [0.1, 0.15) is 15.2 Å². The number of aromatic nitrogens is 3. The number of hydrogen-bond donors (Lipinski definition) is 2. The second kappa shape index (κ2) is 7.38. The summed E-state index contributed by atoms with van der Waals surface area (Å²) < 4.78 is 1.72. The predicted octanol–water partition coefficient (Wildman–Crippen LogP) is 4.08. The Morgan fingerprint density at radius 3 is 2.78 bits per heavy atom. The largest absolute Gasteiger partial charge is 0.377 e. The summed E-state index contributed by atoms with van der Waals surface area (Å²) in [5.41, 5.74) is 3.81. The Balaban J connectivity index is 1.69. The van der Waals surface area contributed by atoms with Crippen LogP contribution in [0.5, 0.6) is 0 Å². The molecule has 0 saturated heterocycles. The summed E-state index contributed by atoms with van der Waals surface area (Å²) in [6.45, 7) is 0.691. The predicted molar refractivity (Wildman–Crippen MR) is 108 cm³/mol. The van der Waals surface area contributed by atoms with Crippen molar-refractivity contribution in [3.63, 3.8) is 0 Å². The zero-order valence-electron chi connectivity index (χ0n) is 14.4. The molecule has 2 N–H and O–H groups in total. The fourth-order valence-corrected chi connectivity index (χ4v) is 3.63. The second-order valence-electron chi connectivity index (χ2n) is 5.85. The van der Waals surface area contributed by atoms with Gasteiger partial charge in [-0.05, 0) is 23.6 Å². The number of carbonyl (C=O) groups is 1. The molecule has 0 bridgehead atoms. The molecule has 27 heavy (non-hydrogen) atoms. The highest BCUT2D eigenvalue weighted by molar-refractivity contribution is 7.09.